The van der Waals surface area contributed by atoms with Gasteiger partial charge in [0.2, 0.25) is 0 Å². The van der Waals surface area contributed by atoms with E-state index in [2.05, 4.69) is 11.9 Å². The first-order chi connectivity index (χ1) is 4.84. The molecule has 0 saturated heterocycles. The van der Waals surface area contributed by atoms with Crippen molar-refractivity contribution < 1.29 is 0 Å². The van der Waals surface area contributed by atoms with Crippen LogP contribution in [0.15, 0.2) is 0 Å². The second-order valence-electron chi connectivity index (χ2n) is 3.17. The smallest absolute Gasteiger partial charge is 0.0738 e. The van der Waals surface area contributed by atoms with Crippen LogP contribution in [-0.4, -0.2) is 24.0 Å². The van der Waals surface area contributed by atoms with E-state index in [1.807, 2.05) is 0 Å². The summed E-state index contributed by atoms with van der Waals surface area (Å²) in [6.07, 6.45) is 6.91. The predicted molar refractivity (Wildman–Crippen MR) is 45.4 cm³/mol. The molecule has 60 valence electrons. The molecule has 0 bridgehead atoms. The Kier molecular flexibility index (Phi) is 3.50. The third-order valence-corrected chi connectivity index (χ3v) is 2.76. The Morgan fingerprint density at radius 2 is 1.90 bits per heavy atom. The fourth-order valence-corrected chi connectivity index (χ4v) is 1.81. The summed E-state index contributed by atoms with van der Waals surface area (Å²) in [6.45, 7) is 0. The van der Waals surface area contributed by atoms with Gasteiger partial charge in [-0.05, 0) is 19.9 Å². The van der Waals surface area contributed by atoms with Gasteiger partial charge < -0.3 is 0 Å². The van der Waals surface area contributed by atoms with Crippen LogP contribution in [0.3, 0.4) is 0 Å². The molecule has 0 amide bonds. The van der Waals surface area contributed by atoms with Gasteiger partial charge in [0.15, 0.2) is 0 Å². The quantitative estimate of drug-likeness (QED) is 0.444. The van der Waals surface area contributed by atoms with Crippen molar-refractivity contribution in [3.05, 3.63) is 0 Å². The van der Waals surface area contributed by atoms with Gasteiger partial charge >= 0.3 is 0 Å². The van der Waals surface area contributed by atoms with Gasteiger partial charge in [0.1, 0.15) is 0 Å². The number of alkyl halides is 1. The summed E-state index contributed by atoms with van der Waals surface area (Å²) in [6, 6.07) is 1.45. The highest BCUT2D eigenvalue weighted by molar-refractivity contribution is 6.17. The molecule has 1 nitrogen and oxygen atoms in total. The zero-order chi connectivity index (χ0) is 7.40. The van der Waals surface area contributed by atoms with E-state index in [-0.39, 0.29) is 0 Å². The molecule has 2 heteroatoms. The predicted octanol–water partition coefficient (Wildman–Crippen LogP) is 2.45. The average Bonchev–Trinajstić information content (AvgIpc) is 2.05. The van der Waals surface area contributed by atoms with Gasteiger partial charge in [-0.1, -0.05) is 19.3 Å². The van der Waals surface area contributed by atoms with Gasteiger partial charge in [0.25, 0.3) is 0 Å². The van der Waals surface area contributed by atoms with Crippen molar-refractivity contribution in [2.75, 3.05) is 13.1 Å². The Morgan fingerprint density at radius 3 is 2.40 bits per heavy atom. The average molecular weight is 162 g/mol. The van der Waals surface area contributed by atoms with E-state index in [4.69, 9.17) is 11.6 Å². The van der Waals surface area contributed by atoms with Gasteiger partial charge in [-0.15, -0.1) is 11.6 Å². The maximum atomic E-state index is 5.71. The first-order valence-electron chi connectivity index (χ1n) is 4.11. The highest BCUT2D eigenvalue weighted by Crippen LogP contribution is 2.21. The number of hydrogen-bond acceptors (Lipinski definition) is 1. The second-order valence-corrected chi connectivity index (χ2v) is 3.41. The molecule has 0 atom stereocenters. The molecule has 1 saturated carbocycles. The van der Waals surface area contributed by atoms with Crippen LogP contribution >= 0.6 is 11.6 Å². The first kappa shape index (κ1) is 8.35. The van der Waals surface area contributed by atoms with Crippen LogP contribution in [0.1, 0.15) is 32.1 Å². The van der Waals surface area contributed by atoms with Crippen molar-refractivity contribution in [2.24, 2.45) is 0 Å². The molecule has 0 aromatic rings. The van der Waals surface area contributed by atoms with E-state index >= 15 is 0 Å². The molecule has 0 aromatic heterocycles. The molecule has 0 heterocycles. The zero-order valence-electron chi connectivity index (χ0n) is 6.65. The number of halogens is 1. The highest BCUT2D eigenvalue weighted by atomic mass is 35.5. The van der Waals surface area contributed by atoms with E-state index in [1.165, 1.54) is 32.1 Å². The van der Waals surface area contributed by atoms with Crippen LogP contribution in [0.5, 0.6) is 0 Å². The Hall–Kier alpha value is 0.250. The fraction of sp³-hybridized carbons (Fsp3) is 1.00. The zero-order valence-corrected chi connectivity index (χ0v) is 7.40. The van der Waals surface area contributed by atoms with Crippen molar-refractivity contribution in [1.29, 1.82) is 0 Å². The maximum Gasteiger partial charge on any atom is 0.0738 e. The van der Waals surface area contributed by atoms with Gasteiger partial charge in [-0.3, -0.25) is 4.90 Å². The van der Waals surface area contributed by atoms with E-state index in [0.717, 1.165) is 6.04 Å². The minimum atomic E-state index is 0.685. The van der Waals surface area contributed by atoms with E-state index in [9.17, 15) is 0 Å². The lowest BCUT2D eigenvalue weighted by atomic mass is 9.95. The van der Waals surface area contributed by atoms with Crippen LogP contribution in [0.4, 0.5) is 0 Å². The minimum Gasteiger partial charge on any atom is -0.290 e. The monoisotopic (exact) mass is 161 g/mol. The Bertz CT molecular complexity index is 89.3. The van der Waals surface area contributed by atoms with Crippen molar-refractivity contribution in [3.8, 4) is 0 Å². The van der Waals surface area contributed by atoms with Crippen molar-refractivity contribution >= 4 is 11.6 Å². The third kappa shape index (κ3) is 2.14. The lowest BCUT2D eigenvalue weighted by molar-refractivity contribution is 0.219. The SMILES string of the molecule is CN(CCl)C1CCCCC1. The molecular weight excluding hydrogens is 146 g/mol. The van der Waals surface area contributed by atoms with Crippen LogP contribution in [0.25, 0.3) is 0 Å². The van der Waals surface area contributed by atoms with Crippen LogP contribution < -0.4 is 0 Å². The molecule has 1 rings (SSSR count). The van der Waals surface area contributed by atoms with E-state index in [0.29, 0.717) is 6.00 Å². The molecule has 0 radical (unpaired) electrons. The Balaban J connectivity index is 2.24. The van der Waals surface area contributed by atoms with Crippen LogP contribution in [0, 0.1) is 0 Å². The lowest BCUT2D eigenvalue weighted by Crippen LogP contribution is -2.32. The van der Waals surface area contributed by atoms with Crippen molar-refractivity contribution in [3.63, 3.8) is 0 Å². The molecule has 0 aromatic carbocycles. The molecule has 0 spiro atoms. The van der Waals surface area contributed by atoms with Crippen molar-refractivity contribution in [1.82, 2.24) is 4.90 Å². The molecule has 1 aliphatic rings. The highest BCUT2D eigenvalue weighted by Gasteiger charge is 2.16. The number of rotatable bonds is 2. The topological polar surface area (TPSA) is 3.24 Å². The molecule has 0 N–H and O–H groups in total. The molecule has 1 aliphatic carbocycles. The summed E-state index contributed by atoms with van der Waals surface area (Å²) in [5, 5.41) is 0. The van der Waals surface area contributed by atoms with Gasteiger partial charge in [0, 0.05) is 6.04 Å². The fourth-order valence-electron chi connectivity index (χ4n) is 1.62. The van der Waals surface area contributed by atoms with Crippen molar-refractivity contribution in [2.45, 2.75) is 38.1 Å². The summed E-state index contributed by atoms with van der Waals surface area (Å²) in [7, 11) is 2.11. The normalized spacial score (nSPS) is 21.9. The summed E-state index contributed by atoms with van der Waals surface area (Å²) < 4.78 is 0. The third-order valence-electron chi connectivity index (χ3n) is 2.39. The van der Waals surface area contributed by atoms with E-state index in [1.54, 1.807) is 0 Å². The summed E-state index contributed by atoms with van der Waals surface area (Å²) in [4.78, 5) is 2.25. The van der Waals surface area contributed by atoms with E-state index < -0.39 is 0 Å². The Labute approximate surface area is 68.4 Å². The van der Waals surface area contributed by atoms with Crippen LogP contribution in [0.2, 0.25) is 0 Å². The molecule has 10 heavy (non-hydrogen) atoms. The standard InChI is InChI=1S/C8H16ClN/c1-10(7-9)8-5-3-2-4-6-8/h8H,2-7H2,1H3. The number of nitrogens with zero attached hydrogens (tertiary/aromatic N) is 1. The van der Waals surface area contributed by atoms with Gasteiger partial charge in [-0.25, -0.2) is 0 Å². The van der Waals surface area contributed by atoms with Gasteiger partial charge in [-0.2, -0.15) is 0 Å². The summed E-state index contributed by atoms with van der Waals surface area (Å²) in [5.41, 5.74) is 0. The minimum absolute atomic E-state index is 0.685. The maximum absolute atomic E-state index is 5.71. The van der Waals surface area contributed by atoms with Gasteiger partial charge in [0.05, 0.1) is 6.00 Å². The molecule has 1 fully saturated rings. The largest absolute Gasteiger partial charge is 0.290 e. The Morgan fingerprint density at radius 1 is 1.30 bits per heavy atom. The second kappa shape index (κ2) is 4.20. The summed E-state index contributed by atoms with van der Waals surface area (Å²) >= 11 is 5.71. The molecule has 0 aliphatic heterocycles. The molecular formula is C8H16ClN. The lowest BCUT2D eigenvalue weighted by Gasteiger charge is -2.29. The first-order valence-corrected chi connectivity index (χ1v) is 4.64. The number of hydrogen-bond donors (Lipinski definition) is 0. The van der Waals surface area contributed by atoms with Crippen LogP contribution in [-0.2, 0) is 0 Å². The molecule has 0 unspecified atom stereocenters. The summed E-state index contributed by atoms with van der Waals surface area (Å²) in [5.74, 6) is 0.